The number of pyridine rings is 1. The number of halogens is 1. The van der Waals surface area contributed by atoms with E-state index in [0.717, 1.165) is 19.5 Å². The predicted octanol–water partition coefficient (Wildman–Crippen LogP) is 1.70. The molecule has 1 atom stereocenters. The van der Waals surface area contributed by atoms with Crippen molar-refractivity contribution in [3.05, 3.63) is 22.9 Å². The van der Waals surface area contributed by atoms with Crippen LogP contribution in [0.25, 0.3) is 0 Å². The fourth-order valence-electron chi connectivity index (χ4n) is 3.03. The van der Waals surface area contributed by atoms with E-state index in [1.54, 1.807) is 16.6 Å². The zero-order chi connectivity index (χ0) is 14.2. The van der Waals surface area contributed by atoms with Gasteiger partial charge in [0.05, 0.1) is 0 Å². The second kappa shape index (κ2) is 5.71. The average Bonchev–Trinajstić information content (AvgIpc) is 2.46. The monoisotopic (exact) mass is 359 g/mol. The highest BCUT2D eigenvalue weighted by molar-refractivity contribution is 9.10. The molecule has 0 aliphatic carbocycles. The maximum atomic E-state index is 12.7. The van der Waals surface area contributed by atoms with Crippen molar-refractivity contribution in [1.29, 1.82) is 0 Å². The summed E-state index contributed by atoms with van der Waals surface area (Å²) in [6.07, 6.45) is 6.56. The van der Waals surface area contributed by atoms with E-state index >= 15 is 0 Å². The van der Waals surface area contributed by atoms with Crippen molar-refractivity contribution < 1.29 is 8.42 Å². The molecule has 0 N–H and O–H groups in total. The quantitative estimate of drug-likeness (QED) is 0.806. The molecule has 7 heteroatoms. The van der Waals surface area contributed by atoms with E-state index in [1.165, 1.54) is 19.0 Å². The van der Waals surface area contributed by atoms with Crippen LogP contribution in [-0.4, -0.2) is 54.8 Å². The summed E-state index contributed by atoms with van der Waals surface area (Å²) in [5.41, 5.74) is 0. The molecule has 1 aromatic heterocycles. The molecule has 5 nitrogen and oxygen atoms in total. The number of nitrogens with zero attached hydrogens (tertiary/aromatic N) is 3. The molecule has 3 rings (SSSR count). The summed E-state index contributed by atoms with van der Waals surface area (Å²) in [5.74, 6) is 0. The third-order valence-corrected chi connectivity index (χ3v) is 6.38. The molecule has 20 heavy (non-hydrogen) atoms. The van der Waals surface area contributed by atoms with E-state index in [2.05, 4.69) is 25.8 Å². The van der Waals surface area contributed by atoms with Crippen molar-refractivity contribution in [2.75, 3.05) is 26.2 Å². The SMILES string of the molecule is O=S(=O)(c1cncc(Br)c1)N1CCN2CCCCC2C1. The zero-order valence-electron chi connectivity index (χ0n) is 11.2. The minimum atomic E-state index is -3.42. The standard InChI is InChI=1S/C13H18BrN3O2S/c14-11-7-13(9-15-8-11)20(18,19)17-6-5-16-4-2-1-3-12(16)10-17/h7-9,12H,1-6,10H2. The van der Waals surface area contributed by atoms with Crippen LogP contribution in [-0.2, 0) is 10.0 Å². The van der Waals surface area contributed by atoms with Crippen LogP contribution >= 0.6 is 15.9 Å². The van der Waals surface area contributed by atoms with Crippen molar-refractivity contribution in [3.63, 3.8) is 0 Å². The highest BCUT2D eigenvalue weighted by Gasteiger charge is 2.35. The molecule has 2 aliphatic heterocycles. The minimum Gasteiger partial charge on any atom is -0.298 e. The number of hydrogen-bond donors (Lipinski definition) is 0. The van der Waals surface area contributed by atoms with Gasteiger partial charge in [-0.1, -0.05) is 6.42 Å². The number of sulfonamides is 1. The van der Waals surface area contributed by atoms with Crippen LogP contribution < -0.4 is 0 Å². The fraction of sp³-hybridized carbons (Fsp3) is 0.615. The van der Waals surface area contributed by atoms with Crippen molar-refractivity contribution in [2.24, 2.45) is 0 Å². The van der Waals surface area contributed by atoms with E-state index in [4.69, 9.17) is 0 Å². The lowest BCUT2D eigenvalue weighted by Gasteiger charge is -2.43. The Balaban J connectivity index is 1.81. The van der Waals surface area contributed by atoms with Crippen LogP contribution in [0, 0.1) is 0 Å². The Morgan fingerprint density at radius 2 is 2.05 bits per heavy atom. The van der Waals surface area contributed by atoms with Crippen LogP contribution in [0.4, 0.5) is 0 Å². The molecule has 110 valence electrons. The summed E-state index contributed by atoms with van der Waals surface area (Å²) in [4.78, 5) is 6.66. The molecule has 1 unspecified atom stereocenters. The Morgan fingerprint density at radius 3 is 2.85 bits per heavy atom. The maximum Gasteiger partial charge on any atom is 0.244 e. The third kappa shape index (κ3) is 2.77. The van der Waals surface area contributed by atoms with Gasteiger partial charge in [0, 0.05) is 42.5 Å². The van der Waals surface area contributed by atoms with Gasteiger partial charge >= 0.3 is 0 Å². The first-order chi connectivity index (χ1) is 9.57. The predicted molar refractivity (Wildman–Crippen MR) is 79.9 cm³/mol. The van der Waals surface area contributed by atoms with E-state index in [9.17, 15) is 8.42 Å². The summed E-state index contributed by atoms with van der Waals surface area (Å²) in [7, 11) is -3.42. The Bertz CT molecular complexity index is 593. The number of rotatable bonds is 2. The normalized spacial score (nSPS) is 25.4. The first kappa shape index (κ1) is 14.4. The van der Waals surface area contributed by atoms with Gasteiger partial charge in [0.15, 0.2) is 0 Å². The van der Waals surface area contributed by atoms with Gasteiger partial charge in [-0.15, -0.1) is 0 Å². The molecule has 3 heterocycles. The molecular formula is C13H18BrN3O2S. The summed E-state index contributed by atoms with van der Waals surface area (Å²) in [6.45, 7) is 3.13. The summed E-state index contributed by atoms with van der Waals surface area (Å²) < 4.78 is 27.6. The number of fused-ring (bicyclic) bond motifs is 1. The van der Waals surface area contributed by atoms with Crippen LogP contribution in [0.5, 0.6) is 0 Å². The average molecular weight is 360 g/mol. The number of piperidine rings is 1. The van der Waals surface area contributed by atoms with Gasteiger partial charge in [-0.25, -0.2) is 8.42 Å². The van der Waals surface area contributed by atoms with Crippen molar-refractivity contribution >= 4 is 26.0 Å². The molecule has 2 aliphatic rings. The molecule has 1 aromatic rings. The number of hydrogen-bond acceptors (Lipinski definition) is 4. The Morgan fingerprint density at radius 1 is 1.20 bits per heavy atom. The van der Waals surface area contributed by atoms with Gasteiger partial charge in [0.25, 0.3) is 0 Å². The third-order valence-electron chi connectivity index (χ3n) is 4.12. The Hall–Kier alpha value is -0.500. The molecule has 0 aromatic carbocycles. The van der Waals surface area contributed by atoms with Gasteiger partial charge in [0.1, 0.15) is 4.90 Å². The van der Waals surface area contributed by atoms with Crippen LogP contribution in [0.15, 0.2) is 27.8 Å². The van der Waals surface area contributed by atoms with Gasteiger partial charge < -0.3 is 0 Å². The Labute approximate surface area is 128 Å². The van der Waals surface area contributed by atoms with Crippen molar-refractivity contribution in [3.8, 4) is 0 Å². The smallest absolute Gasteiger partial charge is 0.244 e. The molecular weight excluding hydrogens is 342 g/mol. The van der Waals surface area contributed by atoms with Crippen LogP contribution in [0.3, 0.4) is 0 Å². The topological polar surface area (TPSA) is 53.5 Å². The van der Waals surface area contributed by atoms with Crippen molar-refractivity contribution in [2.45, 2.75) is 30.2 Å². The zero-order valence-corrected chi connectivity index (χ0v) is 13.6. The molecule has 2 saturated heterocycles. The second-order valence-electron chi connectivity index (χ2n) is 5.39. The lowest BCUT2D eigenvalue weighted by atomic mass is 10.0. The van der Waals surface area contributed by atoms with E-state index in [-0.39, 0.29) is 4.90 Å². The molecule has 0 spiro atoms. The van der Waals surface area contributed by atoms with Crippen molar-refractivity contribution in [1.82, 2.24) is 14.2 Å². The van der Waals surface area contributed by atoms with Gasteiger partial charge in [-0.05, 0) is 41.4 Å². The van der Waals surface area contributed by atoms with Gasteiger partial charge in [-0.2, -0.15) is 4.31 Å². The number of piperazine rings is 1. The van der Waals surface area contributed by atoms with E-state index in [1.807, 2.05) is 0 Å². The van der Waals surface area contributed by atoms with Gasteiger partial charge in [0.2, 0.25) is 10.0 Å². The molecule has 2 fully saturated rings. The molecule has 0 saturated carbocycles. The molecule has 0 radical (unpaired) electrons. The van der Waals surface area contributed by atoms with E-state index < -0.39 is 10.0 Å². The highest BCUT2D eigenvalue weighted by Crippen LogP contribution is 2.25. The first-order valence-corrected chi connectivity index (χ1v) is 9.15. The summed E-state index contributed by atoms with van der Waals surface area (Å²) >= 11 is 3.28. The largest absolute Gasteiger partial charge is 0.298 e. The van der Waals surface area contributed by atoms with E-state index in [0.29, 0.717) is 23.6 Å². The van der Waals surface area contributed by atoms with Crippen LogP contribution in [0.1, 0.15) is 19.3 Å². The molecule has 0 bridgehead atoms. The Kier molecular flexibility index (Phi) is 4.12. The van der Waals surface area contributed by atoms with Crippen LogP contribution in [0.2, 0.25) is 0 Å². The summed E-state index contributed by atoms with van der Waals surface area (Å²) in [5, 5.41) is 0. The summed E-state index contributed by atoms with van der Waals surface area (Å²) in [6, 6.07) is 2.00. The molecule has 0 amide bonds. The highest BCUT2D eigenvalue weighted by atomic mass is 79.9. The van der Waals surface area contributed by atoms with Gasteiger partial charge in [-0.3, -0.25) is 9.88 Å². The first-order valence-electron chi connectivity index (χ1n) is 6.92. The fourth-order valence-corrected chi connectivity index (χ4v) is 5.00. The minimum absolute atomic E-state index is 0.274. The lowest BCUT2D eigenvalue weighted by Crippen LogP contribution is -2.56. The number of aromatic nitrogens is 1. The lowest BCUT2D eigenvalue weighted by molar-refractivity contribution is 0.0851. The second-order valence-corrected chi connectivity index (χ2v) is 8.24. The maximum absolute atomic E-state index is 12.7.